The maximum Gasteiger partial charge on any atom is 0.0232 e. The molecule has 0 aliphatic carbocycles. The largest absolute Gasteiger partial charge is 0.313 e. The monoisotopic (exact) mass is 299 g/mol. The summed E-state index contributed by atoms with van der Waals surface area (Å²) in [6.45, 7) is 8.60. The maximum absolute atomic E-state index is 3.43. The van der Waals surface area contributed by atoms with Crippen molar-refractivity contribution in [3.8, 4) is 0 Å². The molecule has 2 aromatic carbocycles. The van der Waals surface area contributed by atoms with Crippen molar-refractivity contribution in [2.45, 2.75) is 44.4 Å². The van der Waals surface area contributed by atoms with E-state index in [1.165, 1.54) is 33.6 Å². The molecule has 0 saturated heterocycles. The minimum Gasteiger partial charge on any atom is -0.313 e. The molecule has 112 valence electrons. The fourth-order valence-electron chi connectivity index (χ4n) is 2.17. The van der Waals surface area contributed by atoms with Crippen LogP contribution >= 0.6 is 11.8 Å². The zero-order valence-corrected chi connectivity index (χ0v) is 14.1. The Morgan fingerprint density at radius 1 is 0.905 bits per heavy atom. The Morgan fingerprint density at radius 2 is 1.62 bits per heavy atom. The van der Waals surface area contributed by atoms with Gasteiger partial charge < -0.3 is 5.32 Å². The zero-order valence-electron chi connectivity index (χ0n) is 13.3. The molecule has 0 fully saturated rings. The van der Waals surface area contributed by atoms with Gasteiger partial charge in [0.05, 0.1) is 0 Å². The third kappa shape index (κ3) is 5.22. The van der Waals surface area contributed by atoms with Gasteiger partial charge in [0.15, 0.2) is 0 Å². The second-order valence-electron chi connectivity index (χ2n) is 5.53. The topological polar surface area (TPSA) is 12.0 Å². The van der Waals surface area contributed by atoms with Crippen molar-refractivity contribution >= 4 is 11.8 Å². The van der Waals surface area contributed by atoms with Crippen LogP contribution in [0.3, 0.4) is 0 Å². The summed E-state index contributed by atoms with van der Waals surface area (Å²) in [4.78, 5) is 1.34. The van der Waals surface area contributed by atoms with Gasteiger partial charge in [-0.2, -0.15) is 0 Å². The number of hydrogen-bond acceptors (Lipinski definition) is 2. The summed E-state index contributed by atoms with van der Waals surface area (Å²) >= 11 is 1.90. The van der Waals surface area contributed by atoms with Gasteiger partial charge in [0.25, 0.3) is 0 Å². The van der Waals surface area contributed by atoms with Crippen LogP contribution in [0.5, 0.6) is 0 Å². The molecule has 2 aromatic rings. The first kappa shape index (κ1) is 16.1. The lowest BCUT2D eigenvalue weighted by Crippen LogP contribution is -2.13. The summed E-state index contributed by atoms with van der Waals surface area (Å²) in [6, 6.07) is 15.7. The maximum atomic E-state index is 3.43. The Labute approximate surface area is 133 Å². The number of rotatable bonds is 7. The van der Waals surface area contributed by atoms with Crippen LogP contribution < -0.4 is 5.32 Å². The van der Waals surface area contributed by atoms with E-state index in [0.717, 1.165) is 18.8 Å². The molecule has 1 N–H and O–H groups in total. The smallest absolute Gasteiger partial charge is 0.0232 e. The molecule has 0 heterocycles. The third-order valence-corrected chi connectivity index (χ3v) is 4.74. The molecule has 0 unspecified atom stereocenters. The van der Waals surface area contributed by atoms with Crippen LogP contribution in [0.25, 0.3) is 0 Å². The van der Waals surface area contributed by atoms with E-state index in [0.29, 0.717) is 0 Å². The Hall–Kier alpha value is -1.25. The third-order valence-electron chi connectivity index (χ3n) is 3.66. The molecule has 0 atom stereocenters. The van der Waals surface area contributed by atoms with Gasteiger partial charge in [-0.15, -0.1) is 11.8 Å². The van der Waals surface area contributed by atoms with Crippen molar-refractivity contribution in [2.24, 2.45) is 0 Å². The summed E-state index contributed by atoms with van der Waals surface area (Å²) in [5.74, 6) is 1.04. The van der Waals surface area contributed by atoms with Crippen LogP contribution in [0.2, 0.25) is 0 Å². The van der Waals surface area contributed by atoms with E-state index < -0.39 is 0 Å². The quantitative estimate of drug-likeness (QED) is 0.564. The normalized spacial score (nSPS) is 10.8. The average Bonchev–Trinajstić information content (AvgIpc) is 2.50. The van der Waals surface area contributed by atoms with Crippen molar-refractivity contribution in [3.63, 3.8) is 0 Å². The first-order valence-electron chi connectivity index (χ1n) is 7.67. The fraction of sp³-hybridized carbons (Fsp3) is 0.368. The van der Waals surface area contributed by atoms with Crippen molar-refractivity contribution in [1.29, 1.82) is 0 Å². The fourth-order valence-corrected chi connectivity index (χ4v) is 3.01. The number of thioether (sulfide) groups is 1. The molecule has 0 bridgehead atoms. The van der Waals surface area contributed by atoms with Gasteiger partial charge in [-0.25, -0.2) is 0 Å². The molecular weight excluding hydrogens is 274 g/mol. The predicted molar refractivity (Wildman–Crippen MR) is 93.9 cm³/mol. The summed E-state index contributed by atoms with van der Waals surface area (Å²) in [7, 11) is 0. The molecule has 21 heavy (non-hydrogen) atoms. The Morgan fingerprint density at radius 3 is 2.29 bits per heavy atom. The van der Waals surface area contributed by atoms with E-state index >= 15 is 0 Å². The minimum atomic E-state index is 0.968. The van der Waals surface area contributed by atoms with E-state index in [1.54, 1.807) is 0 Å². The highest BCUT2D eigenvalue weighted by Gasteiger charge is 1.99. The number of aryl methyl sites for hydroxylation is 2. The SMILES string of the molecule is CCCNCc1ccc(SCc2ccc(C)c(C)c2)cc1. The van der Waals surface area contributed by atoms with Crippen LogP contribution in [0.1, 0.15) is 35.6 Å². The lowest BCUT2D eigenvalue weighted by molar-refractivity contribution is 0.675. The van der Waals surface area contributed by atoms with Gasteiger partial charge in [-0.1, -0.05) is 37.3 Å². The predicted octanol–water partition coefficient (Wildman–Crippen LogP) is 5.10. The Bertz CT molecular complexity index is 560. The molecule has 0 radical (unpaired) electrons. The minimum absolute atomic E-state index is 0.968. The molecule has 1 nitrogen and oxygen atoms in total. The van der Waals surface area contributed by atoms with Crippen LogP contribution in [0.4, 0.5) is 0 Å². The molecule has 0 aromatic heterocycles. The van der Waals surface area contributed by atoms with E-state index in [2.05, 4.69) is 68.6 Å². The van der Waals surface area contributed by atoms with Crippen LogP contribution in [0, 0.1) is 13.8 Å². The lowest BCUT2D eigenvalue weighted by Gasteiger charge is -2.07. The first-order chi connectivity index (χ1) is 10.2. The van der Waals surface area contributed by atoms with Crippen molar-refractivity contribution < 1.29 is 0 Å². The van der Waals surface area contributed by atoms with Gasteiger partial charge >= 0.3 is 0 Å². The molecule has 0 saturated carbocycles. The van der Waals surface area contributed by atoms with Gasteiger partial charge in [0, 0.05) is 17.2 Å². The molecular formula is C19H25NS. The van der Waals surface area contributed by atoms with Crippen LogP contribution in [-0.2, 0) is 12.3 Å². The molecule has 2 heteroatoms. The number of hydrogen-bond donors (Lipinski definition) is 1. The van der Waals surface area contributed by atoms with Gasteiger partial charge in [0.1, 0.15) is 0 Å². The molecule has 0 aliphatic rings. The van der Waals surface area contributed by atoms with Crippen molar-refractivity contribution in [3.05, 3.63) is 64.7 Å². The van der Waals surface area contributed by atoms with Crippen molar-refractivity contribution in [2.75, 3.05) is 6.54 Å². The summed E-state index contributed by atoms with van der Waals surface area (Å²) < 4.78 is 0. The van der Waals surface area contributed by atoms with Gasteiger partial charge in [-0.05, 0) is 61.2 Å². The average molecular weight is 299 g/mol. The van der Waals surface area contributed by atoms with E-state index in [-0.39, 0.29) is 0 Å². The summed E-state index contributed by atoms with van der Waals surface area (Å²) in [5.41, 5.74) is 5.51. The van der Waals surface area contributed by atoms with Crippen molar-refractivity contribution in [1.82, 2.24) is 5.32 Å². The van der Waals surface area contributed by atoms with E-state index in [4.69, 9.17) is 0 Å². The number of benzene rings is 2. The highest BCUT2D eigenvalue weighted by Crippen LogP contribution is 2.24. The Balaban J connectivity index is 1.86. The molecule has 0 amide bonds. The molecule has 0 spiro atoms. The van der Waals surface area contributed by atoms with Gasteiger partial charge in [-0.3, -0.25) is 0 Å². The van der Waals surface area contributed by atoms with Crippen LogP contribution in [-0.4, -0.2) is 6.54 Å². The zero-order chi connectivity index (χ0) is 15.1. The Kier molecular flexibility index (Phi) is 6.34. The van der Waals surface area contributed by atoms with E-state index in [1.807, 2.05) is 11.8 Å². The first-order valence-corrected chi connectivity index (χ1v) is 8.66. The second-order valence-corrected chi connectivity index (χ2v) is 6.58. The second kappa shape index (κ2) is 8.26. The summed E-state index contributed by atoms with van der Waals surface area (Å²) in [6.07, 6.45) is 1.18. The standard InChI is InChI=1S/C19H25NS/c1-4-11-20-13-17-7-9-19(10-8-17)21-14-18-6-5-15(2)16(3)12-18/h5-10,12,20H,4,11,13-14H2,1-3H3. The molecule has 0 aliphatic heterocycles. The highest BCUT2D eigenvalue weighted by molar-refractivity contribution is 7.98. The molecule has 2 rings (SSSR count). The summed E-state index contributed by atoms with van der Waals surface area (Å²) in [5, 5.41) is 3.43. The van der Waals surface area contributed by atoms with E-state index in [9.17, 15) is 0 Å². The lowest BCUT2D eigenvalue weighted by atomic mass is 10.1. The van der Waals surface area contributed by atoms with Gasteiger partial charge in [0.2, 0.25) is 0 Å². The highest BCUT2D eigenvalue weighted by atomic mass is 32.2. The van der Waals surface area contributed by atoms with Crippen LogP contribution in [0.15, 0.2) is 47.4 Å². The number of nitrogens with one attached hydrogen (secondary N) is 1.